The molecule has 0 spiro atoms. The molecule has 1 radical (unpaired) electrons. The second-order valence-electron chi connectivity index (χ2n) is 4.27. The first-order valence-electron chi connectivity index (χ1n) is 5.75. The van der Waals surface area contributed by atoms with Crippen molar-refractivity contribution in [3.05, 3.63) is 46.3 Å². The number of amides is 1. The Morgan fingerprint density at radius 1 is 1.19 bits per heavy atom. The standard InChI is InChI=1S/C13H7Cl2N4O2/c14-7-1-6(2-8(15)3-7)9-4-10(20)11(12(16)21)19-13(9)17-5-18-19/h1-5,16,20H. The monoisotopic (exact) mass is 321 g/mol. The lowest BCUT2D eigenvalue weighted by Crippen LogP contribution is -2.09. The number of rotatable bonds is 2. The number of hydrogen-bond acceptors (Lipinski definition) is 4. The van der Waals surface area contributed by atoms with Gasteiger partial charge in [-0.25, -0.2) is 9.50 Å². The quantitative estimate of drug-likeness (QED) is 0.785. The topological polar surface area (TPSA) is 91.3 Å². The second kappa shape index (κ2) is 4.91. The number of nitrogens with zero attached hydrogens (tertiary/aromatic N) is 3. The number of nitrogens with one attached hydrogen (secondary N) is 1. The highest BCUT2D eigenvalue weighted by Gasteiger charge is 2.19. The third-order valence-corrected chi connectivity index (χ3v) is 3.35. The van der Waals surface area contributed by atoms with E-state index in [1.165, 1.54) is 12.4 Å². The van der Waals surface area contributed by atoms with Gasteiger partial charge >= 0.3 is 0 Å². The van der Waals surface area contributed by atoms with Crippen LogP contribution in [0.2, 0.25) is 10.0 Å². The lowest BCUT2D eigenvalue weighted by Gasteiger charge is -2.09. The highest BCUT2D eigenvalue weighted by atomic mass is 35.5. The van der Waals surface area contributed by atoms with Crippen molar-refractivity contribution in [2.75, 3.05) is 0 Å². The maximum absolute atomic E-state index is 11.3. The Hall–Kier alpha value is -2.31. The van der Waals surface area contributed by atoms with E-state index >= 15 is 0 Å². The molecule has 2 N–H and O–H groups in total. The van der Waals surface area contributed by atoms with E-state index < -0.39 is 5.91 Å². The van der Waals surface area contributed by atoms with Crippen LogP contribution in [0.1, 0.15) is 10.5 Å². The highest BCUT2D eigenvalue weighted by molar-refractivity contribution is 6.35. The molecule has 3 aromatic rings. The summed E-state index contributed by atoms with van der Waals surface area (Å²) in [6.45, 7) is 0. The molecule has 0 saturated heterocycles. The Bertz CT molecular complexity index is 856. The molecule has 2 aromatic heterocycles. The molecule has 1 aromatic carbocycles. The van der Waals surface area contributed by atoms with E-state index in [0.29, 0.717) is 26.8 Å². The van der Waals surface area contributed by atoms with Crippen molar-refractivity contribution in [2.45, 2.75) is 0 Å². The Morgan fingerprint density at radius 3 is 2.48 bits per heavy atom. The Morgan fingerprint density at radius 2 is 1.86 bits per heavy atom. The zero-order chi connectivity index (χ0) is 15.1. The summed E-state index contributed by atoms with van der Waals surface area (Å²) in [7, 11) is 0. The summed E-state index contributed by atoms with van der Waals surface area (Å²) in [5.74, 6) is -1.42. The molecular weight excluding hydrogens is 315 g/mol. The molecule has 0 atom stereocenters. The average molecular weight is 322 g/mol. The number of aromatic nitrogens is 3. The van der Waals surface area contributed by atoms with Gasteiger partial charge in [0.15, 0.2) is 11.3 Å². The molecule has 0 saturated carbocycles. The van der Waals surface area contributed by atoms with Gasteiger partial charge in [0.1, 0.15) is 12.1 Å². The summed E-state index contributed by atoms with van der Waals surface area (Å²) in [6, 6.07) is 6.22. The van der Waals surface area contributed by atoms with Crippen molar-refractivity contribution in [3.8, 4) is 16.9 Å². The summed E-state index contributed by atoms with van der Waals surface area (Å²) in [5.41, 5.74) is 8.38. The summed E-state index contributed by atoms with van der Waals surface area (Å²) in [4.78, 5) is 15.4. The molecule has 0 aliphatic heterocycles. The molecule has 1 amide bonds. The number of fused-ring (bicyclic) bond motifs is 1. The van der Waals surface area contributed by atoms with E-state index in [0.717, 1.165) is 4.52 Å². The Labute approximate surface area is 128 Å². The van der Waals surface area contributed by atoms with Crippen molar-refractivity contribution in [2.24, 2.45) is 0 Å². The third kappa shape index (κ3) is 2.28. The van der Waals surface area contributed by atoms with Crippen LogP contribution in [0.15, 0.2) is 30.6 Å². The second-order valence-corrected chi connectivity index (χ2v) is 5.15. The molecule has 6 nitrogen and oxygen atoms in total. The highest BCUT2D eigenvalue weighted by Crippen LogP contribution is 2.33. The Balaban J connectivity index is 2.36. The first kappa shape index (κ1) is 13.7. The summed E-state index contributed by atoms with van der Waals surface area (Å²) in [5, 5.41) is 14.7. The molecule has 0 fully saturated rings. The van der Waals surface area contributed by atoms with Gasteiger partial charge in [-0.3, -0.25) is 10.5 Å². The molecule has 3 rings (SSSR count). The zero-order valence-corrected chi connectivity index (χ0v) is 11.9. The van der Waals surface area contributed by atoms with Crippen LogP contribution in [0, 0.1) is 0 Å². The molecule has 21 heavy (non-hydrogen) atoms. The fraction of sp³-hybridized carbons (Fsp3) is 0. The van der Waals surface area contributed by atoms with E-state index in [-0.39, 0.29) is 11.4 Å². The summed E-state index contributed by atoms with van der Waals surface area (Å²) < 4.78 is 1.12. The van der Waals surface area contributed by atoms with Crippen LogP contribution in [0.5, 0.6) is 5.75 Å². The smallest absolute Gasteiger partial charge is 0.292 e. The van der Waals surface area contributed by atoms with Gasteiger partial charge in [-0.1, -0.05) is 23.2 Å². The molecule has 0 unspecified atom stereocenters. The molecule has 105 valence electrons. The normalized spacial score (nSPS) is 11.0. The van der Waals surface area contributed by atoms with E-state index in [1.807, 2.05) is 0 Å². The number of benzene rings is 1. The van der Waals surface area contributed by atoms with Crippen LogP contribution >= 0.6 is 23.2 Å². The first-order valence-corrected chi connectivity index (χ1v) is 6.51. The predicted molar refractivity (Wildman–Crippen MR) is 77.5 cm³/mol. The van der Waals surface area contributed by atoms with Crippen LogP contribution in [0.25, 0.3) is 16.8 Å². The van der Waals surface area contributed by atoms with Gasteiger partial charge < -0.3 is 5.11 Å². The van der Waals surface area contributed by atoms with Crippen molar-refractivity contribution in [3.63, 3.8) is 0 Å². The number of carbonyl (C=O) groups excluding carboxylic acids is 1. The van der Waals surface area contributed by atoms with E-state index in [2.05, 4.69) is 10.1 Å². The van der Waals surface area contributed by atoms with Gasteiger partial charge in [0.25, 0.3) is 5.91 Å². The van der Waals surface area contributed by atoms with E-state index in [1.54, 1.807) is 18.2 Å². The van der Waals surface area contributed by atoms with Gasteiger partial charge in [-0.2, -0.15) is 5.10 Å². The predicted octanol–water partition coefficient (Wildman–Crippen LogP) is 2.83. The largest absolute Gasteiger partial charge is 0.505 e. The maximum atomic E-state index is 11.3. The SMILES string of the molecule is [NH]C(=O)c1c(O)cc(-c2cc(Cl)cc(Cl)c2)c2ncnn12. The minimum Gasteiger partial charge on any atom is -0.505 e. The van der Waals surface area contributed by atoms with Gasteiger partial charge in [0.2, 0.25) is 0 Å². The lowest BCUT2D eigenvalue weighted by molar-refractivity contribution is 0.0982. The molecule has 0 aliphatic rings. The van der Waals surface area contributed by atoms with Crippen molar-refractivity contribution in [1.82, 2.24) is 20.3 Å². The van der Waals surface area contributed by atoms with Crippen LogP contribution in [0.3, 0.4) is 0 Å². The number of hydrogen-bond donors (Lipinski definition) is 1. The number of aromatic hydroxyl groups is 1. The van der Waals surface area contributed by atoms with Crippen LogP contribution in [-0.4, -0.2) is 25.6 Å². The summed E-state index contributed by atoms with van der Waals surface area (Å²) >= 11 is 11.9. The first-order chi connectivity index (χ1) is 9.97. The molecule has 8 heteroatoms. The van der Waals surface area contributed by atoms with Gasteiger partial charge in [-0.05, 0) is 29.8 Å². The lowest BCUT2D eigenvalue weighted by atomic mass is 10.1. The fourth-order valence-corrected chi connectivity index (χ4v) is 2.63. The maximum Gasteiger partial charge on any atom is 0.292 e. The van der Waals surface area contributed by atoms with Gasteiger partial charge in [0.05, 0.1) is 0 Å². The van der Waals surface area contributed by atoms with Gasteiger partial charge in [0, 0.05) is 15.6 Å². The van der Waals surface area contributed by atoms with Crippen molar-refractivity contribution in [1.29, 1.82) is 0 Å². The van der Waals surface area contributed by atoms with E-state index in [4.69, 9.17) is 28.9 Å². The molecule has 0 aliphatic carbocycles. The average Bonchev–Trinajstić information content (AvgIpc) is 2.84. The number of pyridine rings is 1. The van der Waals surface area contributed by atoms with Gasteiger partial charge in [-0.15, -0.1) is 0 Å². The van der Waals surface area contributed by atoms with Crippen LogP contribution in [-0.2, 0) is 0 Å². The molecule has 0 bridgehead atoms. The Kier molecular flexibility index (Phi) is 3.19. The number of halogens is 2. The summed E-state index contributed by atoms with van der Waals surface area (Å²) in [6.07, 6.45) is 1.23. The fourth-order valence-electron chi connectivity index (χ4n) is 2.10. The minimum atomic E-state index is -1.06. The zero-order valence-electron chi connectivity index (χ0n) is 10.3. The number of carbonyl (C=O) groups is 1. The van der Waals surface area contributed by atoms with Crippen LogP contribution < -0.4 is 5.73 Å². The molecular formula is C13H7Cl2N4O2. The van der Waals surface area contributed by atoms with E-state index in [9.17, 15) is 9.90 Å². The molecule has 2 heterocycles. The van der Waals surface area contributed by atoms with Crippen molar-refractivity contribution >= 4 is 34.8 Å². The van der Waals surface area contributed by atoms with Crippen molar-refractivity contribution < 1.29 is 9.90 Å². The minimum absolute atomic E-state index is 0.251. The van der Waals surface area contributed by atoms with Crippen LogP contribution in [0.4, 0.5) is 0 Å². The third-order valence-electron chi connectivity index (χ3n) is 2.91.